The first kappa shape index (κ1) is 13.6. The molecule has 0 spiro atoms. The molecular weight excluding hydrogens is 234 g/mol. The van der Waals surface area contributed by atoms with E-state index < -0.39 is 0 Å². The van der Waals surface area contributed by atoms with Crippen LogP contribution in [0.3, 0.4) is 0 Å². The standard InChI is InChI=1S/C17H21NO/c1-4-15-9-6-10-18(17(15)19)12-14-7-5-8-16(11-14)13(2)3/h5-11,13H,4,12H2,1-3H3. The van der Waals surface area contributed by atoms with Gasteiger partial charge in [-0.15, -0.1) is 0 Å². The predicted molar refractivity (Wildman–Crippen MR) is 79.7 cm³/mol. The Hall–Kier alpha value is -1.83. The van der Waals surface area contributed by atoms with Crippen molar-refractivity contribution in [2.75, 3.05) is 0 Å². The van der Waals surface area contributed by atoms with Crippen molar-refractivity contribution in [2.24, 2.45) is 0 Å². The number of aromatic nitrogens is 1. The molecule has 0 saturated carbocycles. The molecule has 2 aromatic rings. The molecule has 0 aliphatic rings. The van der Waals surface area contributed by atoms with Gasteiger partial charge in [0.2, 0.25) is 0 Å². The summed E-state index contributed by atoms with van der Waals surface area (Å²) in [6.45, 7) is 7.03. The second kappa shape index (κ2) is 5.87. The Morgan fingerprint density at radius 1 is 1.16 bits per heavy atom. The zero-order valence-corrected chi connectivity index (χ0v) is 11.9. The van der Waals surface area contributed by atoms with Gasteiger partial charge in [0.1, 0.15) is 0 Å². The summed E-state index contributed by atoms with van der Waals surface area (Å²) in [5.74, 6) is 0.513. The van der Waals surface area contributed by atoms with E-state index in [1.165, 1.54) is 11.1 Å². The molecule has 1 aromatic heterocycles. The first-order valence-electron chi connectivity index (χ1n) is 6.89. The summed E-state index contributed by atoms with van der Waals surface area (Å²) in [5.41, 5.74) is 3.50. The molecule has 2 rings (SSSR count). The maximum Gasteiger partial charge on any atom is 0.254 e. The summed E-state index contributed by atoms with van der Waals surface area (Å²) in [4.78, 5) is 12.2. The molecule has 19 heavy (non-hydrogen) atoms. The molecule has 0 amide bonds. The Kier molecular flexibility index (Phi) is 4.20. The van der Waals surface area contributed by atoms with Crippen molar-refractivity contribution in [3.8, 4) is 0 Å². The van der Waals surface area contributed by atoms with Crippen molar-refractivity contribution in [3.05, 3.63) is 69.6 Å². The van der Waals surface area contributed by atoms with Gasteiger partial charge < -0.3 is 4.57 Å². The number of pyridine rings is 1. The molecule has 0 aliphatic carbocycles. The highest BCUT2D eigenvalue weighted by atomic mass is 16.1. The van der Waals surface area contributed by atoms with E-state index in [0.717, 1.165) is 12.0 Å². The van der Waals surface area contributed by atoms with Crippen molar-refractivity contribution in [3.63, 3.8) is 0 Å². The highest BCUT2D eigenvalue weighted by Gasteiger charge is 2.04. The van der Waals surface area contributed by atoms with Gasteiger partial charge in [-0.1, -0.05) is 51.1 Å². The number of nitrogens with zero attached hydrogens (tertiary/aromatic N) is 1. The molecule has 2 nitrogen and oxygen atoms in total. The van der Waals surface area contributed by atoms with E-state index in [9.17, 15) is 4.79 Å². The molecule has 0 radical (unpaired) electrons. The average molecular weight is 255 g/mol. The monoisotopic (exact) mass is 255 g/mol. The van der Waals surface area contributed by atoms with E-state index in [1.54, 1.807) is 4.57 Å². The molecule has 1 heterocycles. The highest BCUT2D eigenvalue weighted by molar-refractivity contribution is 5.26. The molecule has 0 unspecified atom stereocenters. The van der Waals surface area contributed by atoms with E-state index in [4.69, 9.17) is 0 Å². The smallest absolute Gasteiger partial charge is 0.254 e. The van der Waals surface area contributed by atoms with E-state index in [2.05, 4.69) is 38.1 Å². The van der Waals surface area contributed by atoms with Crippen LogP contribution in [0.2, 0.25) is 0 Å². The lowest BCUT2D eigenvalue weighted by Gasteiger charge is -2.10. The van der Waals surface area contributed by atoms with E-state index in [-0.39, 0.29) is 5.56 Å². The number of hydrogen-bond donors (Lipinski definition) is 0. The molecule has 2 heteroatoms. The maximum atomic E-state index is 12.2. The highest BCUT2D eigenvalue weighted by Crippen LogP contribution is 2.15. The summed E-state index contributed by atoms with van der Waals surface area (Å²) in [7, 11) is 0. The Bertz CT molecular complexity index is 611. The Morgan fingerprint density at radius 3 is 2.63 bits per heavy atom. The first-order chi connectivity index (χ1) is 9.11. The van der Waals surface area contributed by atoms with Crippen molar-refractivity contribution in [1.82, 2.24) is 4.57 Å². The van der Waals surface area contributed by atoms with Crippen LogP contribution in [-0.2, 0) is 13.0 Å². The molecule has 100 valence electrons. The average Bonchev–Trinajstić information content (AvgIpc) is 2.41. The zero-order valence-electron chi connectivity index (χ0n) is 11.9. The van der Waals surface area contributed by atoms with Gasteiger partial charge in [0.05, 0.1) is 6.54 Å². The van der Waals surface area contributed by atoms with Crippen LogP contribution in [0.25, 0.3) is 0 Å². The van der Waals surface area contributed by atoms with Crippen LogP contribution < -0.4 is 5.56 Å². The van der Waals surface area contributed by atoms with Gasteiger partial charge in [0.25, 0.3) is 5.56 Å². The van der Waals surface area contributed by atoms with Gasteiger partial charge in [-0.3, -0.25) is 4.79 Å². The lowest BCUT2D eigenvalue weighted by Crippen LogP contribution is -2.23. The van der Waals surface area contributed by atoms with E-state index >= 15 is 0 Å². The van der Waals surface area contributed by atoms with Crippen LogP contribution in [0.15, 0.2) is 47.4 Å². The third kappa shape index (κ3) is 3.14. The second-order valence-electron chi connectivity index (χ2n) is 5.22. The first-order valence-corrected chi connectivity index (χ1v) is 6.89. The fourth-order valence-electron chi connectivity index (χ4n) is 2.23. The fraction of sp³-hybridized carbons (Fsp3) is 0.353. The van der Waals surface area contributed by atoms with Gasteiger partial charge in [-0.25, -0.2) is 0 Å². The largest absolute Gasteiger partial charge is 0.311 e. The molecule has 1 aromatic carbocycles. The maximum absolute atomic E-state index is 12.2. The summed E-state index contributed by atoms with van der Waals surface area (Å²) in [6.07, 6.45) is 2.65. The van der Waals surface area contributed by atoms with E-state index in [1.807, 2.05) is 25.3 Å². The van der Waals surface area contributed by atoms with Gasteiger partial charge in [-0.2, -0.15) is 0 Å². The normalized spacial score (nSPS) is 10.9. The Balaban J connectivity index is 2.31. The third-order valence-electron chi connectivity index (χ3n) is 3.45. The summed E-state index contributed by atoms with van der Waals surface area (Å²) >= 11 is 0. The van der Waals surface area contributed by atoms with Crippen LogP contribution in [0, 0.1) is 0 Å². The zero-order chi connectivity index (χ0) is 13.8. The van der Waals surface area contributed by atoms with Crippen molar-refractivity contribution in [2.45, 2.75) is 39.7 Å². The van der Waals surface area contributed by atoms with Crippen LogP contribution in [0.4, 0.5) is 0 Å². The van der Waals surface area contributed by atoms with Crippen molar-refractivity contribution in [1.29, 1.82) is 0 Å². The minimum absolute atomic E-state index is 0.125. The Morgan fingerprint density at radius 2 is 1.95 bits per heavy atom. The van der Waals surface area contributed by atoms with E-state index in [0.29, 0.717) is 12.5 Å². The quantitative estimate of drug-likeness (QED) is 0.818. The lowest BCUT2D eigenvalue weighted by molar-refractivity contribution is 0.742. The second-order valence-corrected chi connectivity index (χ2v) is 5.22. The molecule has 0 bridgehead atoms. The van der Waals surface area contributed by atoms with Crippen LogP contribution in [0.1, 0.15) is 43.4 Å². The summed E-state index contributed by atoms with van der Waals surface area (Å²) in [6, 6.07) is 12.3. The number of aryl methyl sites for hydroxylation is 1. The molecule has 0 fully saturated rings. The number of benzene rings is 1. The topological polar surface area (TPSA) is 22.0 Å². The Labute approximate surface area is 114 Å². The van der Waals surface area contributed by atoms with Gasteiger partial charge in [0, 0.05) is 11.8 Å². The fourth-order valence-corrected chi connectivity index (χ4v) is 2.23. The van der Waals surface area contributed by atoms with Gasteiger partial charge >= 0.3 is 0 Å². The minimum atomic E-state index is 0.125. The van der Waals surface area contributed by atoms with Crippen molar-refractivity contribution < 1.29 is 0 Å². The molecule has 0 saturated heterocycles. The minimum Gasteiger partial charge on any atom is -0.311 e. The number of rotatable bonds is 4. The molecule has 0 atom stereocenters. The number of hydrogen-bond acceptors (Lipinski definition) is 1. The molecule has 0 N–H and O–H groups in total. The van der Waals surface area contributed by atoms with Gasteiger partial charge in [0.15, 0.2) is 0 Å². The summed E-state index contributed by atoms with van der Waals surface area (Å²) < 4.78 is 1.79. The third-order valence-corrected chi connectivity index (χ3v) is 3.45. The van der Waals surface area contributed by atoms with Gasteiger partial charge in [-0.05, 0) is 29.5 Å². The predicted octanol–water partition coefficient (Wildman–Crippen LogP) is 3.58. The molecule has 0 aliphatic heterocycles. The molecular formula is C17H21NO. The lowest BCUT2D eigenvalue weighted by atomic mass is 10.0. The summed E-state index contributed by atoms with van der Waals surface area (Å²) in [5, 5.41) is 0. The van der Waals surface area contributed by atoms with Crippen LogP contribution in [0.5, 0.6) is 0 Å². The SMILES string of the molecule is CCc1cccn(Cc2cccc(C(C)C)c2)c1=O. The van der Waals surface area contributed by atoms with Crippen molar-refractivity contribution >= 4 is 0 Å². The van der Waals surface area contributed by atoms with Crippen LogP contribution in [-0.4, -0.2) is 4.57 Å². The van der Waals surface area contributed by atoms with Crippen LogP contribution >= 0.6 is 0 Å².